The molecule has 1 saturated heterocycles. The Bertz CT molecular complexity index is 500. The number of aliphatic hydroxyl groups is 1. The second-order valence-electron chi connectivity index (χ2n) is 5.33. The van der Waals surface area contributed by atoms with Crippen molar-refractivity contribution in [2.75, 3.05) is 39.8 Å². The molecule has 0 radical (unpaired) electrons. The molecular formula is C15H21FN2O3. The van der Waals surface area contributed by atoms with E-state index in [1.165, 1.54) is 19.1 Å². The van der Waals surface area contributed by atoms with Crippen LogP contribution in [-0.2, 0) is 4.79 Å². The van der Waals surface area contributed by atoms with Crippen molar-refractivity contribution in [1.82, 2.24) is 9.80 Å². The van der Waals surface area contributed by atoms with E-state index >= 15 is 0 Å². The van der Waals surface area contributed by atoms with Gasteiger partial charge in [0, 0.05) is 37.8 Å². The Kier molecular flexibility index (Phi) is 5.14. The summed E-state index contributed by atoms with van der Waals surface area (Å²) in [6.07, 6.45) is -0.869. The van der Waals surface area contributed by atoms with Crippen LogP contribution in [0.1, 0.15) is 18.6 Å². The summed E-state index contributed by atoms with van der Waals surface area (Å²) in [5.74, 6) is -0.336. The Morgan fingerprint density at radius 1 is 1.38 bits per heavy atom. The minimum atomic E-state index is -0.869. The number of ether oxygens (including phenoxy) is 1. The second kappa shape index (κ2) is 6.87. The monoisotopic (exact) mass is 296 g/mol. The summed E-state index contributed by atoms with van der Waals surface area (Å²) < 4.78 is 19.0. The molecule has 0 aromatic heterocycles. The van der Waals surface area contributed by atoms with Crippen LogP contribution in [0.15, 0.2) is 18.2 Å². The van der Waals surface area contributed by atoms with Crippen LogP contribution in [0.2, 0.25) is 0 Å². The highest BCUT2D eigenvalue weighted by atomic mass is 19.1. The maximum Gasteiger partial charge on any atom is 0.260 e. The highest BCUT2D eigenvalue weighted by Gasteiger charge is 2.19. The summed E-state index contributed by atoms with van der Waals surface area (Å²) in [4.78, 5) is 15.9. The molecule has 1 heterocycles. The third-order valence-corrected chi connectivity index (χ3v) is 3.64. The molecule has 1 aliphatic heterocycles. The molecule has 1 amide bonds. The van der Waals surface area contributed by atoms with Gasteiger partial charge in [0.2, 0.25) is 0 Å². The van der Waals surface area contributed by atoms with Crippen molar-refractivity contribution in [1.29, 1.82) is 0 Å². The summed E-state index contributed by atoms with van der Waals surface area (Å²) in [7, 11) is 2.02. The largest absolute Gasteiger partial charge is 0.484 e. The number of halogens is 1. The molecule has 116 valence electrons. The predicted molar refractivity (Wildman–Crippen MR) is 76.6 cm³/mol. The lowest BCUT2D eigenvalue weighted by Crippen LogP contribution is -2.48. The number of likely N-dealkylation sites (N-methyl/N-ethyl adjacent to an activating group) is 1. The molecule has 1 N–H and O–H groups in total. The van der Waals surface area contributed by atoms with Gasteiger partial charge in [0.05, 0.1) is 6.10 Å². The lowest BCUT2D eigenvalue weighted by Gasteiger charge is -2.32. The van der Waals surface area contributed by atoms with Gasteiger partial charge in [-0.25, -0.2) is 4.39 Å². The predicted octanol–water partition coefficient (Wildman–Crippen LogP) is 1.03. The molecule has 0 bridgehead atoms. The number of amides is 1. The number of carbonyl (C=O) groups excluding carboxylic acids is 1. The summed E-state index contributed by atoms with van der Waals surface area (Å²) in [6.45, 7) is 4.47. The van der Waals surface area contributed by atoms with Crippen molar-refractivity contribution in [3.05, 3.63) is 29.6 Å². The number of carbonyl (C=O) groups is 1. The van der Waals surface area contributed by atoms with Crippen LogP contribution < -0.4 is 4.74 Å². The van der Waals surface area contributed by atoms with Gasteiger partial charge in [0.25, 0.3) is 5.91 Å². The molecule has 1 aromatic rings. The van der Waals surface area contributed by atoms with E-state index in [1.54, 1.807) is 11.0 Å². The Balaban J connectivity index is 1.88. The molecule has 5 nitrogen and oxygen atoms in total. The number of aliphatic hydroxyl groups excluding tert-OH is 1. The summed E-state index contributed by atoms with van der Waals surface area (Å²) in [5, 5.41) is 9.36. The van der Waals surface area contributed by atoms with Crippen molar-refractivity contribution in [3.63, 3.8) is 0 Å². The maximum atomic E-state index is 13.7. The minimum Gasteiger partial charge on any atom is -0.484 e. The van der Waals surface area contributed by atoms with Gasteiger partial charge in [0.1, 0.15) is 11.6 Å². The zero-order chi connectivity index (χ0) is 15.4. The van der Waals surface area contributed by atoms with E-state index in [1.807, 2.05) is 7.05 Å². The fraction of sp³-hybridized carbons (Fsp3) is 0.533. The average Bonchev–Trinajstić information content (AvgIpc) is 2.45. The van der Waals surface area contributed by atoms with Gasteiger partial charge in [-0.05, 0) is 26.1 Å². The summed E-state index contributed by atoms with van der Waals surface area (Å²) in [5.41, 5.74) is 0.216. The van der Waals surface area contributed by atoms with Crippen molar-refractivity contribution in [2.45, 2.75) is 13.0 Å². The fourth-order valence-corrected chi connectivity index (χ4v) is 2.23. The topological polar surface area (TPSA) is 53.0 Å². The van der Waals surface area contributed by atoms with Crippen LogP contribution >= 0.6 is 0 Å². The smallest absolute Gasteiger partial charge is 0.260 e. The quantitative estimate of drug-likeness (QED) is 0.902. The fourth-order valence-electron chi connectivity index (χ4n) is 2.23. The standard InChI is InChI=1S/C15H21FN2O3/c1-11(19)13-4-3-12(9-14(13)16)21-10-15(20)18-7-5-17(2)6-8-18/h3-4,9,11,19H,5-8,10H2,1-2H3/t11-/m1/s1. The molecule has 2 rings (SSSR count). The van der Waals surface area contributed by atoms with Crippen molar-refractivity contribution >= 4 is 5.91 Å². The summed E-state index contributed by atoms with van der Waals surface area (Å²) >= 11 is 0. The SMILES string of the molecule is C[C@@H](O)c1ccc(OCC(=O)N2CCN(C)CC2)cc1F. The van der Waals surface area contributed by atoms with Gasteiger partial charge in [-0.3, -0.25) is 4.79 Å². The van der Waals surface area contributed by atoms with E-state index in [9.17, 15) is 14.3 Å². The van der Waals surface area contributed by atoms with Crippen LogP contribution in [0, 0.1) is 5.82 Å². The molecule has 0 unspecified atom stereocenters. The minimum absolute atomic E-state index is 0.0943. The van der Waals surface area contributed by atoms with E-state index in [-0.39, 0.29) is 18.1 Å². The summed E-state index contributed by atoms with van der Waals surface area (Å²) in [6, 6.07) is 4.22. The highest BCUT2D eigenvalue weighted by molar-refractivity contribution is 5.77. The molecule has 6 heteroatoms. The van der Waals surface area contributed by atoms with E-state index in [0.717, 1.165) is 13.1 Å². The van der Waals surface area contributed by atoms with Crippen molar-refractivity contribution < 1.29 is 19.0 Å². The molecule has 21 heavy (non-hydrogen) atoms. The molecule has 1 fully saturated rings. The van der Waals surface area contributed by atoms with Crippen molar-refractivity contribution in [2.24, 2.45) is 0 Å². The zero-order valence-electron chi connectivity index (χ0n) is 12.4. The van der Waals surface area contributed by atoms with Gasteiger partial charge >= 0.3 is 0 Å². The third-order valence-electron chi connectivity index (χ3n) is 3.64. The normalized spacial score (nSPS) is 17.6. The van der Waals surface area contributed by atoms with Crippen molar-refractivity contribution in [3.8, 4) is 5.75 Å². The molecule has 0 spiro atoms. The number of hydrogen-bond donors (Lipinski definition) is 1. The van der Waals surface area contributed by atoms with Gasteiger partial charge in [-0.1, -0.05) is 0 Å². The second-order valence-corrected chi connectivity index (χ2v) is 5.33. The van der Waals surface area contributed by atoms with Crippen LogP contribution in [0.3, 0.4) is 0 Å². The van der Waals surface area contributed by atoms with E-state index < -0.39 is 11.9 Å². The Hall–Kier alpha value is -1.66. The van der Waals surface area contributed by atoms with Crippen LogP contribution in [0.4, 0.5) is 4.39 Å². The maximum absolute atomic E-state index is 13.7. The van der Waals surface area contributed by atoms with Gasteiger partial charge < -0.3 is 19.6 Å². The number of rotatable bonds is 4. The number of piperazine rings is 1. The lowest BCUT2D eigenvalue weighted by atomic mass is 10.1. The number of nitrogens with zero attached hydrogens (tertiary/aromatic N) is 2. The zero-order valence-corrected chi connectivity index (χ0v) is 12.4. The molecule has 0 aliphatic carbocycles. The first-order chi connectivity index (χ1) is 9.97. The lowest BCUT2D eigenvalue weighted by molar-refractivity contribution is -0.134. The van der Waals surface area contributed by atoms with Crippen LogP contribution in [0.25, 0.3) is 0 Å². The van der Waals surface area contributed by atoms with E-state index in [2.05, 4.69) is 4.90 Å². The first-order valence-electron chi connectivity index (χ1n) is 7.04. The van der Waals surface area contributed by atoms with Crippen LogP contribution in [-0.4, -0.2) is 60.6 Å². The molecule has 0 saturated carbocycles. The van der Waals surface area contributed by atoms with E-state index in [0.29, 0.717) is 18.8 Å². The Morgan fingerprint density at radius 2 is 2.05 bits per heavy atom. The first-order valence-corrected chi connectivity index (χ1v) is 7.04. The molecule has 1 atom stereocenters. The highest BCUT2D eigenvalue weighted by Crippen LogP contribution is 2.21. The number of hydrogen-bond acceptors (Lipinski definition) is 4. The molecular weight excluding hydrogens is 275 g/mol. The third kappa shape index (κ3) is 4.15. The Morgan fingerprint density at radius 3 is 2.62 bits per heavy atom. The number of benzene rings is 1. The first kappa shape index (κ1) is 15.7. The van der Waals surface area contributed by atoms with Gasteiger partial charge in [-0.2, -0.15) is 0 Å². The molecule has 1 aliphatic rings. The van der Waals surface area contributed by atoms with Gasteiger partial charge in [-0.15, -0.1) is 0 Å². The average molecular weight is 296 g/mol. The van der Waals surface area contributed by atoms with Crippen LogP contribution in [0.5, 0.6) is 5.75 Å². The Labute approximate surface area is 123 Å². The van der Waals surface area contributed by atoms with Gasteiger partial charge in [0.15, 0.2) is 6.61 Å². The molecule has 1 aromatic carbocycles. The van der Waals surface area contributed by atoms with E-state index in [4.69, 9.17) is 4.74 Å².